The normalized spacial score (nSPS) is 19.9. The molecule has 1 saturated heterocycles. The zero-order valence-corrected chi connectivity index (χ0v) is 23.5. The van der Waals surface area contributed by atoms with Gasteiger partial charge in [-0.25, -0.2) is 9.11 Å². The molecular formula is C28H36F2N4O5S. The molecule has 1 aliphatic heterocycles. The quantitative estimate of drug-likeness (QED) is 0.426. The van der Waals surface area contributed by atoms with E-state index in [4.69, 9.17) is 9.47 Å². The van der Waals surface area contributed by atoms with E-state index < -0.39 is 45.2 Å². The summed E-state index contributed by atoms with van der Waals surface area (Å²) in [5.74, 6) is -3.27. The summed E-state index contributed by atoms with van der Waals surface area (Å²) in [7, 11) is -4.22. The molecule has 9 nitrogen and oxygen atoms in total. The number of amides is 1. The van der Waals surface area contributed by atoms with Crippen LogP contribution in [0.2, 0.25) is 0 Å². The van der Waals surface area contributed by atoms with Crippen molar-refractivity contribution in [1.82, 2.24) is 18.9 Å². The van der Waals surface area contributed by atoms with Gasteiger partial charge in [-0.05, 0) is 62.3 Å². The second kappa shape index (κ2) is 12.4. The third kappa shape index (κ3) is 6.72. The van der Waals surface area contributed by atoms with Crippen LogP contribution in [0.4, 0.5) is 8.78 Å². The number of rotatable bonds is 11. The number of piperazine rings is 1. The maximum absolute atomic E-state index is 15.0. The minimum absolute atomic E-state index is 0.225. The lowest BCUT2D eigenvalue weighted by Gasteiger charge is -2.37. The van der Waals surface area contributed by atoms with Gasteiger partial charge in [-0.15, -0.1) is 0 Å². The van der Waals surface area contributed by atoms with Crippen molar-refractivity contribution in [3.63, 3.8) is 0 Å². The Balaban J connectivity index is 1.20. The number of pyridine rings is 1. The molecule has 1 atom stereocenters. The van der Waals surface area contributed by atoms with E-state index >= 15 is 0 Å². The molecule has 3 aliphatic rings. The predicted molar refractivity (Wildman–Crippen MR) is 144 cm³/mol. The number of carbonyl (C=O) groups is 1. The van der Waals surface area contributed by atoms with Crippen molar-refractivity contribution >= 4 is 16.1 Å². The van der Waals surface area contributed by atoms with Gasteiger partial charge in [0.2, 0.25) is 5.82 Å². The molecule has 1 N–H and O–H groups in total. The minimum Gasteiger partial charge on any atom is -0.492 e. The zero-order valence-electron chi connectivity index (χ0n) is 22.7. The highest BCUT2D eigenvalue weighted by Gasteiger charge is 2.33. The lowest BCUT2D eigenvalue weighted by molar-refractivity contribution is 0.0969. The molecule has 5 rings (SSSR count). The fraction of sp³-hybridized carbons (Fsp3) is 0.571. The van der Waals surface area contributed by atoms with Crippen LogP contribution in [-0.4, -0.2) is 67.3 Å². The second-order valence-electron chi connectivity index (χ2n) is 10.7. The SMILES string of the molecule is CCC(Oc1ccc(C(=O)NS(=O)(=O)N2CCN(C3CCCC3)CC2)c(F)c1F)c1ccc(OCC2CC2)cn1. The van der Waals surface area contributed by atoms with Crippen LogP contribution in [-0.2, 0) is 10.2 Å². The number of nitrogens with one attached hydrogen (secondary N) is 1. The Morgan fingerprint density at radius 1 is 1.05 bits per heavy atom. The van der Waals surface area contributed by atoms with Gasteiger partial charge in [0.25, 0.3) is 5.91 Å². The van der Waals surface area contributed by atoms with Crippen molar-refractivity contribution in [2.24, 2.45) is 5.92 Å². The van der Waals surface area contributed by atoms with E-state index in [9.17, 15) is 22.0 Å². The highest BCUT2D eigenvalue weighted by molar-refractivity contribution is 7.87. The van der Waals surface area contributed by atoms with Crippen molar-refractivity contribution in [2.75, 3.05) is 32.8 Å². The van der Waals surface area contributed by atoms with Gasteiger partial charge in [0.1, 0.15) is 11.9 Å². The van der Waals surface area contributed by atoms with Crippen molar-refractivity contribution in [1.29, 1.82) is 0 Å². The van der Waals surface area contributed by atoms with Gasteiger partial charge >= 0.3 is 10.2 Å². The lowest BCUT2D eigenvalue weighted by Crippen LogP contribution is -2.54. The standard InChI is InChI=1S/C28H36F2N4O5S/c1-2-24(23-11-9-21(17-31-23)38-18-19-7-8-19)39-25-12-10-22(26(29)27(25)30)28(35)32-40(36,37)34-15-13-33(14-16-34)20-5-3-4-6-20/h9-12,17,19-20,24H,2-8,13-16,18H2,1H3,(H,32,35). The summed E-state index contributed by atoms with van der Waals surface area (Å²) in [6, 6.07) is 6.09. The van der Waals surface area contributed by atoms with E-state index in [1.807, 2.05) is 11.6 Å². The number of hydrogen-bond acceptors (Lipinski definition) is 7. The third-order valence-corrected chi connectivity index (χ3v) is 9.37. The smallest absolute Gasteiger partial charge is 0.304 e. The molecule has 0 spiro atoms. The molecule has 2 saturated carbocycles. The number of carbonyl (C=O) groups excluding carboxylic acids is 1. The molecule has 2 aliphatic carbocycles. The minimum atomic E-state index is -4.22. The topological polar surface area (TPSA) is 101 Å². The summed E-state index contributed by atoms with van der Waals surface area (Å²) in [6.07, 6.45) is 8.27. The molecule has 1 aromatic carbocycles. The maximum atomic E-state index is 15.0. The summed E-state index contributed by atoms with van der Waals surface area (Å²) in [5, 5.41) is 0. The number of hydrogen-bond donors (Lipinski definition) is 1. The van der Waals surface area contributed by atoms with Crippen LogP contribution < -0.4 is 14.2 Å². The predicted octanol–water partition coefficient (Wildman–Crippen LogP) is 4.21. The van der Waals surface area contributed by atoms with Gasteiger partial charge in [0.15, 0.2) is 11.6 Å². The molecule has 40 heavy (non-hydrogen) atoms. The molecule has 2 heterocycles. The zero-order chi connectivity index (χ0) is 28.3. The van der Waals surface area contributed by atoms with Crippen LogP contribution >= 0.6 is 0 Å². The van der Waals surface area contributed by atoms with E-state index in [-0.39, 0.29) is 13.1 Å². The molecule has 218 valence electrons. The number of benzene rings is 1. The largest absolute Gasteiger partial charge is 0.492 e. The molecule has 1 amide bonds. The van der Waals surface area contributed by atoms with Gasteiger partial charge in [-0.1, -0.05) is 19.8 Å². The van der Waals surface area contributed by atoms with Gasteiger partial charge in [0, 0.05) is 32.2 Å². The van der Waals surface area contributed by atoms with Crippen LogP contribution in [0.25, 0.3) is 0 Å². The highest BCUT2D eigenvalue weighted by Crippen LogP contribution is 2.31. The lowest BCUT2D eigenvalue weighted by atomic mass is 10.1. The van der Waals surface area contributed by atoms with E-state index in [1.165, 1.54) is 30.0 Å². The molecule has 2 aromatic rings. The summed E-state index contributed by atoms with van der Waals surface area (Å²) < 4.78 is 70.0. The first-order chi connectivity index (χ1) is 19.2. The molecule has 3 fully saturated rings. The molecular weight excluding hydrogens is 542 g/mol. The Bertz CT molecular complexity index is 1290. The fourth-order valence-electron chi connectivity index (χ4n) is 5.29. The first-order valence-corrected chi connectivity index (χ1v) is 15.5. The third-order valence-electron chi connectivity index (χ3n) is 7.88. The van der Waals surface area contributed by atoms with Crippen LogP contribution in [0.15, 0.2) is 30.5 Å². The average Bonchev–Trinajstić information content (AvgIpc) is 3.63. The summed E-state index contributed by atoms with van der Waals surface area (Å²) >= 11 is 0. The average molecular weight is 579 g/mol. The molecule has 1 aromatic heterocycles. The maximum Gasteiger partial charge on any atom is 0.304 e. The van der Waals surface area contributed by atoms with Gasteiger partial charge in [-0.3, -0.25) is 14.7 Å². The summed E-state index contributed by atoms with van der Waals surface area (Å²) in [4.78, 5) is 19.3. The van der Waals surface area contributed by atoms with Gasteiger partial charge in [-0.2, -0.15) is 17.1 Å². The monoisotopic (exact) mass is 578 g/mol. The van der Waals surface area contributed by atoms with Crippen LogP contribution in [0, 0.1) is 17.6 Å². The Morgan fingerprint density at radius 2 is 1.77 bits per heavy atom. The Morgan fingerprint density at radius 3 is 2.40 bits per heavy atom. The van der Waals surface area contributed by atoms with Crippen LogP contribution in [0.3, 0.4) is 0 Å². The van der Waals surface area contributed by atoms with Gasteiger partial charge in [0.05, 0.1) is 24.1 Å². The number of ether oxygens (including phenoxy) is 2. The van der Waals surface area contributed by atoms with Crippen molar-refractivity contribution in [3.8, 4) is 11.5 Å². The Labute approximate surface area is 234 Å². The molecule has 1 unspecified atom stereocenters. The van der Waals surface area contributed by atoms with Crippen LogP contribution in [0.1, 0.15) is 74.0 Å². The highest BCUT2D eigenvalue weighted by atomic mass is 32.2. The Hall–Kier alpha value is -2.83. The number of aromatic nitrogens is 1. The van der Waals surface area contributed by atoms with Crippen molar-refractivity contribution in [3.05, 3.63) is 53.4 Å². The first-order valence-electron chi connectivity index (χ1n) is 14.0. The van der Waals surface area contributed by atoms with Gasteiger partial charge < -0.3 is 9.47 Å². The number of nitrogens with zero attached hydrogens (tertiary/aromatic N) is 3. The van der Waals surface area contributed by atoms with E-state index in [0.717, 1.165) is 25.0 Å². The summed E-state index contributed by atoms with van der Waals surface area (Å²) in [5.41, 5.74) is -0.205. The first kappa shape index (κ1) is 28.7. The summed E-state index contributed by atoms with van der Waals surface area (Å²) in [6.45, 7) is 4.05. The van der Waals surface area contributed by atoms with E-state index in [2.05, 4.69) is 9.88 Å². The molecule has 0 radical (unpaired) electrons. The van der Waals surface area contributed by atoms with Crippen LogP contribution in [0.5, 0.6) is 11.5 Å². The molecule has 12 heteroatoms. The second-order valence-corrected chi connectivity index (χ2v) is 12.4. The fourth-order valence-corrected chi connectivity index (χ4v) is 6.40. The number of halogens is 2. The van der Waals surface area contributed by atoms with Crippen molar-refractivity contribution in [2.45, 2.75) is 64.0 Å². The van der Waals surface area contributed by atoms with E-state index in [1.54, 1.807) is 18.3 Å². The van der Waals surface area contributed by atoms with Crippen molar-refractivity contribution < 1.29 is 31.5 Å². The Kier molecular flexibility index (Phi) is 8.86. The molecule has 0 bridgehead atoms. The van der Waals surface area contributed by atoms with E-state index in [0.29, 0.717) is 49.5 Å².